The maximum atomic E-state index is 13.5. The Balaban J connectivity index is 1.78. The molecule has 4 nitrogen and oxygen atoms in total. The highest BCUT2D eigenvalue weighted by molar-refractivity contribution is 7.09. The Morgan fingerprint density at radius 2 is 1.53 bits per heavy atom. The van der Waals surface area contributed by atoms with E-state index in [2.05, 4.69) is 0 Å². The molecule has 5 heteroatoms. The van der Waals surface area contributed by atoms with Crippen LogP contribution in [0.15, 0.2) is 78.2 Å². The lowest BCUT2D eigenvalue weighted by Crippen LogP contribution is -2.44. The van der Waals surface area contributed by atoms with Crippen molar-refractivity contribution in [3.63, 3.8) is 0 Å². The largest absolute Gasteiger partial charge is 0.333 e. The summed E-state index contributed by atoms with van der Waals surface area (Å²) < 4.78 is 0. The van der Waals surface area contributed by atoms with Crippen LogP contribution in [0.1, 0.15) is 48.6 Å². The summed E-state index contributed by atoms with van der Waals surface area (Å²) in [7, 11) is 0. The van der Waals surface area contributed by atoms with Crippen LogP contribution in [-0.2, 0) is 22.7 Å². The van der Waals surface area contributed by atoms with Gasteiger partial charge in [0.05, 0.1) is 19.0 Å². The normalized spacial score (nSPS) is 11.7. The standard InChI is InChI=1S/C27H32N2O2S/c1-3-17-28(27(31)25(4-2)23-14-9-6-10-15-23)21-26(30)29(20-24-16-11-18-32-24)19-22-12-7-5-8-13-22/h5-16,18,25H,3-4,17,19-21H2,1-2H3. The topological polar surface area (TPSA) is 40.6 Å². The number of benzene rings is 2. The highest BCUT2D eigenvalue weighted by atomic mass is 32.1. The highest BCUT2D eigenvalue weighted by Crippen LogP contribution is 2.23. The average Bonchev–Trinajstić information content (AvgIpc) is 3.33. The van der Waals surface area contributed by atoms with Crippen LogP contribution < -0.4 is 0 Å². The van der Waals surface area contributed by atoms with Gasteiger partial charge in [0.2, 0.25) is 11.8 Å². The highest BCUT2D eigenvalue weighted by Gasteiger charge is 2.27. The van der Waals surface area contributed by atoms with Crippen molar-refractivity contribution in [1.29, 1.82) is 0 Å². The molecule has 32 heavy (non-hydrogen) atoms. The average molecular weight is 449 g/mol. The van der Waals surface area contributed by atoms with E-state index in [-0.39, 0.29) is 24.3 Å². The zero-order valence-corrected chi connectivity index (χ0v) is 19.8. The van der Waals surface area contributed by atoms with Crippen LogP contribution in [0, 0.1) is 0 Å². The number of hydrogen-bond acceptors (Lipinski definition) is 3. The fourth-order valence-electron chi connectivity index (χ4n) is 3.89. The van der Waals surface area contributed by atoms with Gasteiger partial charge < -0.3 is 9.80 Å². The zero-order valence-electron chi connectivity index (χ0n) is 18.9. The fraction of sp³-hybridized carbons (Fsp3) is 0.333. The summed E-state index contributed by atoms with van der Waals surface area (Å²) >= 11 is 1.65. The number of hydrogen-bond donors (Lipinski definition) is 0. The molecule has 0 bridgehead atoms. The van der Waals surface area contributed by atoms with Crippen molar-refractivity contribution in [2.24, 2.45) is 0 Å². The second-order valence-corrected chi connectivity index (χ2v) is 8.98. The van der Waals surface area contributed by atoms with Crippen molar-refractivity contribution in [3.8, 4) is 0 Å². The van der Waals surface area contributed by atoms with E-state index in [1.54, 1.807) is 16.2 Å². The summed E-state index contributed by atoms with van der Waals surface area (Å²) in [6.07, 6.45) is 1.52. The van der Waals surface area contributed by atoms with Gasteiger partial charge in [-0.2, -0.15) is 0 Å². The van der Waals surface area contributed by atoms with Gasteiger partial charge in [-0.25, -0.2) is 0 Å². The Morgan fingerprint density at radius 1 is 0.844 bits per heavy atom. The first kappa shape index (κ1) is 23.7. The van der Waals surface area contributed by atoms with E-state index in [1.165, 1.54) is 0 Å². The number of nitrogens with zero attached hydrogens (tertiary/aromatic N) is 2. The quantitative estimate of drug-likeness (QED) is 0.377. The molecule has 168 valence electrons. The first-order valence-corrected chi connectivity index (χ1v) is 12.2. The van der Waals surface area contributed by atoms with Gasteiger partial charge in [0.25, 0.3) is 0 Å². The second kappa shape index (κ2) is 12.2. The van der Waals surface area contributed by atoms with Crippen molar-refractivity contribution >= 4 is 23.2 Å². The Hall–Kier alpha value is -2.92. The van der Waals surface area contributed by atoms with Crippen LogP contribution >= 0.6 is 11.3 Å². The Bertz CT molecular complexity index is 958. The molecule has 0 aliphatic heterocycles. The minimum Gasteiger partial charge on any atom is -0.333 e. The molecule has 0 fully saturated rings. The predicted molar refractivity (Wildman–Crippen MR) is 131 cm³/mol. The van der Waals surface area contributed by atoms with Gasteiger partial charge in [-0.15, -0.1) is 11.3 Å². The summed E-state index contributed by atoms with van der Waals surface area (Å²) in [6, 6.07) is 23.9. The van der Waals surface area contributed by atoms with Gasteiger partial charge in [0, 0.05) is 18.0 Å². The zero-order chi connectivity index (χ0) is 22.8. The first-order chi connectivity index (χ1) is 15.6. The number of carbonyl (C=O) groups excluding carboxylic acids is 2. The van der Waals surface area contributed by atoms with Gasteiger partial charge in [0.1, 0.15) is 0 Å². The Labute approximate surface area is 195 Å². The summed E-state index contributed by atoms with van der Waals surface area (Å²) in [5.41, 5.74) is 2.09. The summed E-state index contributed by atoms with van der Waals surface area (Å²) in [5.74, 6) is -0.216. The molecular formula is C27H32N2O2S. The van der Waals surface area contributed by atoms with Gasteiger partial charge in [-0.3, -0.25) is 9.59 Å². The SMILES string of the molecule is CCCN(CC(=O)N(Cc1ccccc1)Cc1cccs1)C(=O)C(CC)c1ccccc1. The lowest BCUT2D eigenvalue weighted by atomic mass is 9.95. The van der Waals surface area contributed by atoms with Gasteiger partial charge >= 0.3 is 0 Å². The van der Waals surface area contributed by atoms with E-state index in [9.17, 15) is 9.59 Å². The van der Waals surface area contributed by atoms with Crippen LogP contribution in [0.2, 0.25) is 0 Å². The molecule has 1 unspecified atom stereocenters. The lowest BCUT2D eigenvalue weighted by molar-refractivity contribution is -0.142. The third-order valence-corrected chi connectivity index (χ3v) is 6.40. The number of amides is 2. The number of carbonyl (C=O) groups is 2. The molecule has 0 saturated heterocycles. The summed E-state index contributed by atoms with van der Waals surface area (Å²) in [5, 5.41) is 2.03. The molecular weight excluding hydrogens is 416 g/mol. The third kappa shape index (κ3) is 6.54. The van der Waals surface area contributed by atoms with Crippen molar-refractivity contribution < 1.29 is 9.59 Å². The minimum atomic E-state index is -0.226. The molecule has 3 aromatic rings. The number of rotatable bonds is 11. The van der Waals surface area contributed by atoms with Gasteiger partial charge in [0.15, 0.2) is 0 Å². The smallest absolute Gasteiger partial charge is 0.242 e. The minimum absolute atomic E-state index is 0.0213. The molecule has 0 radical (unpaired) electrons. The van der Waals surface area contributed by atoms with Crippen LogP contribution in [0.3, 0.4) is 0 Å². The van der Waals surface area contributed by atoms with Crippen molar-refractivity contribution in [1.82, 2.24) is 9.80 Å². The molecule has 1 atom stereocenters. The maximum absolute atomic E-state index is 13.5. The molecule has 0 aliphatic rings. The molecule has 2 aromatic carbocycles. The second-order valence-electron chi connectivity index (χ2n) is 7.95. The maximum Gasteiger partial charge on any atom is 0.242 e. The lowest BCUT2D eigenvalue weighted by Gasteiger charge is -2.30. The van der Waals surface area contributed by atoms with E-state index in [1.807, 2.05) is 96.9 Å². The van der Waals surface area contributed by atoms with Crippen molar-refractivity contribution in [3.05, 3.63) is 94.2 Å². The van der Waals surface area contributed by atoms with Gasteiger partial charge in [-0.1, -0.05) is 80.6 Å². The van der Waals surface area contributed by atoms with E-state index >= 15 is 0 Å². The Morgan fingerprint density at radius 3 is 2.12 bits per heavy atom. The van der Waals surface area contributed by atoms with Crippen LogP contribution in [0.5, 0.6) is 0 Å². The van der Waals surface area contributed by atoms with Crippen LogP contribution in [0.25, 0.3) is 0 Å². The molecule has 1 heterocycles. The Kier molecular flexibility index (Phi) is 9.05. The third-order valence-electron chi connectivity index (χ3n) is 5.54. The van der Waals surface area contributed by atoms with Crippen molar-refractivity contribution in [2.45, 2.75) is 45.7 Å². The van der Waals surface area contributed by atoms with Gasteiger partial charge in [-0.05, 0) is 35.4 Å². The van der Waals surface area contributed by atoms with E-state index in [0.717, 1.165) is 22.4 Å². The van der Waals surface area contributed by atoms with Crippen molar-refractivity contribution in [2.75, 3.05) is 13.1 Å². The van der Waals surface area contributed by atoms with Crippen LogP contribution in [0.4, 0.5) is 0 Å². The molecule has 0 aliphatic carbocycles. The molecule has 2 amide bonds. The van der Waals surface area contributed by atoms with E-state index < -0.39 is 0 Å². The fourth-order valence-corrected chi connectivity index (χ4v) is 4.61. The molecule has 0 N–H and O–H groups in total. The molecule has 0 spiro atoms. The summed E-state index contributed by atoms with van der Waals surface area (Å²) in [4.78, 5) is 31.6. The number of thiophene rings is 1. The first-order valence-electron chi connectivity index (χ1n) is 11.3. The summed E-state index contributed by atoms with van der Waals surface area (Å²) in [6.45, 7) is 5.83. The monoisotopic (exact) mass is 448 g/mol. The van der Waals surface area contributed by atoms with E-state index in [4.69, 9.17) is 0 Å². The molecule has 1 aromatic heterocycles. The molecule has 3 rings (SSSR count). The van der Waals surface area contributed by atoms with E-state index in [0.29, 0.717) is 26.1 Å². The molecule has 0 saturated carbocycles. The predicted octanol–water partition coefficient (Wildman–Crippen LogP) is 5.71. The van der Waals surface area contributed by atoms with Crippen LogP contribution in [-0.4, -0.2) is 34.7 Å².